The van der Waals surface area contributed by atoms with Crippen molar-refractivity contribution in [3.63, 3.8) is 0 Å². The first-order chi connectivity index (χ1) is 14.4. The van der Waals surface area contributed by atoms with Crippen LogP contribution in [0, 0.1) is 18.3 Å². The molecule has 1 aliphatic rings. The third kappa shape index (κ3) is 5.22. The van der Waals surface area contributed by atoms with Crippen molar-refractivity contribution in [1.29, 1.82) is 0 Å². The number of sulfone groups is 1. The molecule has 170 valence electrons. The lowest BCUT2D eigenvalue weighted by Crippen LogP contribution is -2.25. The molecule has 31 heavy (non-hydrogen) atoms. The van der Waals surface area contributed by atoms with Crippen LogP contribution in [0.5, 0.6) is 0 Å². The summed E-state index contributed by atoms with van der Waals surface area (Å²) >= 11 is 0. The molecule has 0 aliphatic heterocycles. The van der Waals surface area contributed by atoms with Crippen molar-refractivity contribution in [2.24, 2.45) is 11.3 Å². The highest BCUT2D eigenvalue weighted by molar-refractivity contribution is 7.91. The van der Waals surface area contributed by atoms with Crippen molar-refractivity contribution < 1.29 is 18.3 Å². The molecule has 0 spiro atoms. The molecule has 0 radical (unpaired) electrons. The number of fused-ring (bicyclic) bond motifs is 1. The molecule has 0 saturated carbocycles. The first-order valence-corrected chi connectivity index (χ1v) is 12.8. The summed E-state index contributed by atoms with van der Waals surface area (Å²) in [5.74, 6) is -0.627. The Labute approximate surface area is 186 Å². The summed E-state index contributed by atoms with van der Waals surface area (Å²) in [5.41, 5.74) is 5.66. The Hall–Kier alpha value is -2.08. The fraction of sp³-hybridized carbons (Fsp3) is 0.560. The normalized spacial score (nSPS) is 15.5. The number of rotatable bonds is 7. The van der Waals surface area contributed by atoms with E-state index < -0.39 is 15.8 Å². The van der Waals surface area contributed by atoms with Gasteiger partial charge in [0.15, 0.2) is 9.84 Å². The van der Waals surface area contributed by atoms with Gasteiger partial charge in [0.25, 0.3) is 0 Å². The minimum atomic E-state index is -3.33. The third-order valence-electron chi connectivity index (χ3n) is 6.87. The highest BCUT2D eigenvalue weighted by Gasteiger charge is 2.27. The molecule has 0 amide bonds. The SMILES string of the molecule is Cc1c(Cc2ccc(S(=O)(=O)CC(C)C(C)(C)C)cc2)c2c(n1CC(=O)O)CCCC2. The molecule has 2 aromatic rings. The maximum atomic E-state index is 12.9. The largest absolute Gasteiger partial charge is 0.480 e. The molecule has 1 aromatic heterocycles. The maximum absolute atomic E-state index is 12.9. The molecule has 1 aromatic carbocycles. The monoisotopic (exact) mass is 445 g/mol. The molecule has 0 fully saturated rings. The van der Waals surface area contributed by atoms with Crippen molar-refractivity contribution in [3.8, 4) is 0 Å². The Morgan fingerprint density at radius 2 is 1.74 bits per heavy atom. The molecular weight excluding hydrogens is 410 g/mol. The van der Waals surface area contributed by atoms with Crippen LogP contribution in [0.1, 0.15) is 68.6 Å². The second kappa shape index (κ2) is 8.81. The smallest absolute Gasteiger partial charge is 0.323 e. The van der Waals surface area contributed by atoms with E-state index in [4.69, 9.17) is 0 Å². The molecule has 1 aliphatic carbocycles. The molecule has 1 atom stereocenters. The molecule has 0 saturated heterocycles. The van der Waals surface area contributed by atoms with Crippen molar-refractivity contribution in [2.45, 2.75) is 78.2 Å². The molecular formula is C25H35NO4S. The van der Waals surface area contributed by atoms with Crippen LogP contribution in [0.4, 0.5) is 0 Å². The number of nitrogens with zero attached hydrogens (tertiary/aromatic N) is 1. The molecule has 0 bridgehead atoms. The quantitative estimate of drug-likeness (QED) is 0.664. The molecule has 5 nitrogen and oxygen atoms in total. The zero-order valence-electron chi connectivity index (χ0n) is 19.4. The summed E-state index contributed by atoms with van der Waals surface area (Å²) in [5, 5.41) is 9.33. The molecule has 1 N–H and O–H groups in total. The van der Waals surface area contributed by atoms with Crippen molar-refractivity contribution >= 4 is 15.8 Å². The topological polar surface area (TPSA) is 76.4 Å². The third-order valence-corrected chi connectivity index (χ3v) is 8.80. The number of aromatic nitrogens is 1. The Morgan fingerprint density at radius 3 is 2.32 bits per heavy atom. The summed E-state index contributed by atoms with van der Waals surface area (Å²) < 4.78 is 27.7. The number of aliphatic carboxylic acids is 1. The van der Waals surface area contributed by atoms with Crippen LogP contribution in [-0.4, -0.2) is 29.8 Å². The summed E-state index contributed by atoms with van der Waals surface area (Å²) in [4.78, 5) is 11.7. The van der Waals surface area contributed by atoms with Gasteiger partial charge < -0.3 is 9.67 Å². The predicted octanol–water partition coefficient (Wildman–Crippen LogP) is 4.81. The number of benzene rings is 1. The van der Waals surface area contributed by atoms with Gasteiger partial charge in [-0.3, -0.25) is 4.79 Å². The first-order valence-electron chi connectivity index (χ1n) is 11.1. The Balaban J connectivity index is 1.85. The average molecular weight is 446 g/mol. The van der Waals surface area contributed by atoms with Gasteiger partial charge in [-0.15, -0.1) is 0 Å². The second-order valence-corrected chi connectivity index (χ2v) is 12.1. The standard InChI is InChI=1S/C25H35NO4S/c1-17(25(3,4)5)16-31(29,30)20-12-10-19(11-13-20)14-22-18(2)26(15-24(27)28)23-9-7-6-8-21(22)23/h10-13,17H,6-9,14-16H2,1-5H3,(H,27,28). The lowest BCUT2D eigenvalue weighted by Gasteiger charge is -2.26. The Bertz CT molecular complexity index is 1060. The van der Waals surface area contributed by atoms with Crippen LogP contribution < -0.4 is 0 Å². The fourth-order valence-electron chi connectivity index (χ4n) is 4.37. The number of carboxylic acids is 1. The van der Waals surface area contributed by atoms with E-state index in [2.05, 4.69) is 20.8 Å². The molecule has 1 unspecified atom stereocenters. The average Bonchev–Trinajstić information content (AvgIpc) is 2.93. The van der Waals surface area contributed by atoms with Gasteiger partial charge in [0.2, 0.25) is 0 Å². The van der Waals surface area contributed by atoms with Crippen LogP contribution in [0.15, 0.2) is 29.2 Å². The maximum Gasteiger partial charge on any atom is 0.323 e. The van der Waals surface area contributed by atoms with E-state index in [0.29, 0.717) is 11.3 Å². The lowest BCUT2D eigenvalue weighted by atomic mass is 9.83. The van der Waals surface area contributed by atoms with Crippen molar-refractivity contribution in [3.05, 3.63) is 52.3 Å². The Kier molecular flexibility index (Phi) is 6.70. The number of hydrogen-bond donors (Lipinski definition) is 1. The molecule has 1 heterocycles. The van der Waals surface area contributed by atoms with Crippen LogP contribution in [0.25, 0.3) is 0 Å². The number of hydrogen-bond acceptors (Lipinski definition) is 3. The van der Waals surface area contributed by atoms with Gasteiger partial charge in [-0.05, 0) is 79.2 Å². The highest BCUT2D eigenvalue weighted by atomic mass is 32.2. The minimum absolute atomic E-state index is 0.00267. The van der Waals surface area contributed by atoms with E-state index in [9.17, 15) is 18.3 Å². The second-order valence-electron chi connectivity index (χ2n) is 10.0. The van der Waals surface area contributed by atoms with Gasteiger partial charge in [0.1, 0.15) is 6.54 Å². The fourth-order valence-corrected chi connectivity index (χ4v) is 6.28. The number of carbonyl (C=O) groups is 1. The van der Waals surface area contributed by atoms with E-state index in [1.165, 1.54) is 11.1 Å². The van der Waals surface area contributed by atoms with Crippen LogP contribution in [0.2, 0.25) is 0 Å². The number of carboxylic acid groups (broad SMARTS) is 1. The lowest BCUT2D eigenvalue weighted by molar-refractivity contribution is -0.137. The molecule has 6 heteroatoms. The van der Waals surface area contributed by atoms with Crippen LogP contribution >= 0.6 is 0 Å². The summed E-state index contributed by atoms with van der Waals surface area (Å²) in [6, 6.07) is 7.24. The zero-order valence-corrected chi connectivity index (χ0v) is 20.2. The van der Waals surface area contributed by atoms with E-state index >= 15 is 0 Å². The van der Waals surface area contributed by atoms with Gasteiger partial charge in [-0.25, -0.2) is 8.42 Å². The minimum Gasteiger partial charge on any atom is -0.480 e. The van der Waals surface area contributed by atoms with Gasteiger partial charge in [-0.1, -0.05) is 39.8 Å². The van der Waals surface area contributed by atoms with Crippen LogP contribution in [0.3, 0.4) is 0 Å². The summed E-state index contributed by atoms with van der Waals surface area (Å²) in [7, 11) is -3.33. The highest BCUT2D eigenvalue weighted by Crippen LogP contribution is 2.32. The van der Waals surface area contributed by atoms with E-state index in [1.807, 2.05) is 30.5 Å². The van der Waals surface area contributed by atoms with Crippen molar-refractivity contribution in [1.82, 2.24) is 4.57 Å². The van der Waals surface area contributed by atoms with E-state index in [-0.39, 0.29) is 23.6 Å². The van der Waals surface area contributed by atoms with Gasteiger partial charge >= 0.3 is 5.97 Å². The van der Waals surface area contributed by atoms with Gasteiger partial charge in [0.05, 0.1) is 10.6 Å². The summed E-state index contributed by atoms with van der Waals surface area (Å²) in [6.07, 6.45) is 4.82. The van der Waals surface area contributed by atoms with Crippen LogP contribution in [-0.2, 0) is 40.4 Å². The van der Waals surface area contributed by atoms with Gasteiger partial charge in [0, 0.05) is 11.4 Å². The van der Waals surface area contributed by atoms with E-state index in [1.54, 1.807) is 12.1 Å². The predicted molar refractivity (Wildman–Crippen MR) is 123 cm³/mol. The molecule has 3 rings (SSSR count). The Morgan fingerprint density at radius 1 is 1.13 bits per heavy atom. The zero-order chi connectivity index (χ0) is 23.0. The summed E-state index contributed by atoms with van der Waals surface area (Å²) in [6.45, 7) is 10.2. The van der Waals surface area contributed by atoms with E-state index in [0.717, 1.165) is 42.6 Å². The van der Waals surface area contributed by atoms with Crippen molar-refractivity contribution in [2.75, 3.05) is 5.75 Å². The van der Waals surface area contributed by atoms with Gasteiger partial charge in [-0.2, -0.15) is 0 Å². The first kappa shape index (κ1) is 23.6.